The van der Waals surface area contributed by atoms with E-state index in [2.05, 4.69) is 9.97 Å². The summed E-state index contributed by atoms with van der Waals surface area (Å²) in [7, 11) is 0. The van der Waals surface area contributed by atoms with Crippen LogP contribution in [-0.2, 0) is 19.3 Å². The number of aromatic nitrogens is 2. The zero-order chi connectivity index (χ0) is 18.7. The number of hydrogen-bond donors (Lipinski definition) is 1. The molecule has 136 valence electrons. The van der Waals surface area contributed by atoms with Crippen molar-refractivity contribution in [1.29, 1.82) is 0 Å². The quantitative estimate of drug-likeness (QED) is 0.748. The molecule has 0 radical (unpaired) electrons. The Balaban J connectivity index is 1.77. The van der Waals surface area contributed by atoms with Crippen LogP contribution >= 0.6 is 0 Å². The fourth-order valence-electron chi connectivity index (χ4n) is 2.76. The van der Waals surface area contributed by atoms with Crippen molar-refractivity contribution in [3.63, 3.8) is 0 Å². The minimum atomic E-state index is -4.34. The molecule has 1 aromatic heterocycles. The van der Waals surface area contributed by atoms with Crippen LogP contribution in [0.5, 0.6) is 0 Å². The third-order valence-electron chi connectivity index (χ3n) is 4.17. The van der Waals surface area contributed by atoms with Crippen LogP contribution in [0, 0.1) is 0 Å². The van der Waals surface area contributed by atoms with E-state index in [1.807, 2.05) is 17.9 Å². The van der Waals surface area contributed by atoms with Crippen LogP contribution in [0.4, 0.5) is 13.2 Å². The van der Waals surface area contributed by atoms with Gasteiger partial charge in [0.05, 0.1) is 23.0 Å². The van der Waals surface area contributed by atoms with Gasteiger partial charge in [0.15, 0.2) is 0 Å². The van der Waals surface area contributed by atoms with Crippen molar-refractivity contribution in [2.75, 3.05) is 6.54 Å². The van der Waals surface area contributed by atoms with Gasteiger partial charge in [-0.25, -0.2) is 4.98 Å². The topological polar surface area (TPSA) is 49.0 Å². The molecule has 1 N–H and O–H groups in total. The van der Waals surface area contributed by atoms with Gasteiger partial charge in [-0.05, 0) is 36.4 Å². The highest BCUT2D eigenvalue weighted by Gasteiger charge is 2.29. The largest absolute Gasteiger partial charge is 0.416 e. The number of nitrogens with zero attached hydrogens (tertiary/aromatic N) is 2. The first-order valence-corrected chi connectivity index (χ1v) is 8.23. The standard InChI is InChI=1S/C19H18F3N3O/c1-2-25(11-13-7-9-14(10-8-13)19(20,21)22)12-17-23-16-6-4-3-5-15(16)18(26)24-17/h3-10H,2,11-12H2,1H3,(H,23,24,26). The van der Waals surface area contributed by atoms with Gasteiger partial charge >= 0.3 is 6.18 Å². The van der Waals surface area contributed by atoms with E-state index in [4.69, 9.17) is 0 Å². The summed E-state index contributed by atoms with van der Waals surface area (Å²) in [6, 6.07) is 12.2. The third kappa shape index (κ3) is 4.11. The molecule has 0 aliphatic carbocycles. The van der Waals surface area contributed by atoms with Gasteiger partial charge < -0.3 is 4.98 Å². The zero-order valence-corrected chi connectivity index (χ0v) is 14.2. The zero-order valence-electron chi connectivity index (χ0n) is 14.2. The maximum absolute atomic E-state index is 12.6. The number of alkyl halides is 3. The average Bonchev–Trinajstić information content (AvgIpc) is 2.61. The lowest BCUT2D eigenvalue weighted by atomic mass is 10.1. The van der Waals surface area contributed by atoms with Crippen molar-refractivity contribution < 1.29 is 13.2 Å². The second-order valence-electron chi connectivity index (χ2n) is 6.03. The van der Waals surface area contributed by atoms with Crippen LogP contribution in [0.1, 0.15) is 23.9 Å². The van der Waals surface area contributed by atoms with Crippen LogP contribution in [0.15, 0.2) is 53.3 Å². The molecule has 0 saturated heterocycles. The maximum Gasteiger partial charge on any atom is 0.416 e. The predicted molar refractivity (Wildman–Crippen MR) is 93.6 cm³/mol. The second-order valence-corrected chi connectivity index (χ2v) is 6.03. The lowest BCUT2D eigenvalue weighted by Crippen LogP contribution is -2.25. The average molecular weight is 361 g/mol. The van der Waals surface area contributed by atoms with Gasteiger partial charge in [0.25, 0.3) is 5.56 Å². The molecule has 0 amide bonds. The molecule has 26 heavy (non-hydrogen) atoms. The van der Waals surface area contributed by atoms with Gasteiger partial charge in [-0.2, -0.15) is 13.2 Å². The van der Waals surface area contributed by atoms with E-state index >= 15 is 0 Å². The summed E-state index contributed by atoms with van der Waals surface area (Å²) in [5.74, 6) is 0.530. The molecule has 0 spiro atoms. The lowest BCUT2D eigenvalue weighted by Gasteiger charge is -2.20. The highest BCUT2D eigenvalue weighted by molar-refractivity contribution is 5.77. The Kier molecular flexibility index (Phi) is 5.08. The fourth-order valence-corrected chi connectivity index (χ4v) is 2.76. The number of aromatic amines is 1. The van der Waals surface area contributed by atoms with Crippen molar-refractivity contribution in [2.45, 2.75) is 26.2 Å². The van der Waals surface area contributed by atoms with Crippen molar-refractivity contribution in [3.8, 4) is 0 Å². The van der Waals surface area contributed by atoms with Gasteiger partial charge in [-0.1, -0.05) is 31.2 Å². The molecule has 0 aliphatic heterocycles. The Hall–Kier alpha value is -2.67. The summed E-state index contributed by atoms with van der Waals surface area (Å²) in [5, 5.41) is 0.530. The number of H-pyrrole nitrogens is 1. The molecule has 0 fully saturated rings. The minimum absolute atomic E-state index is 0.198. The van der Waals surface area contributed by atoms with E-state index in [-0.39, 0.29) is 5.56 Å². The first kappa shape index (κ1) is 18.1. The number of benzene rings is 2. The number of para-hydroxylation sites is 1. The highest BCUT2D eigenvalue weighted by Crippen LogP contribution is 2.29. The number of fused-ring (bicyclic) bond motifs is 1. The highest BCUT2D eigenvalue weighted by atomic mass is 19.4. The van der Waals surface area contributed by atoms with E-state index < -0.39 is 11.7 Å². The molecule has 7 heteroatoms. The van der Waals surface area contributed by atoms with E-state index in [1.54, 1.807) is 18.2 Å². The van der Waals surface area contributed by atoms with Gasteiger partial charge in [-0.15, -0.1) is 0 Å². The normalized spacial score (nSPS) is 12.0. The predicted octanol–water partition coefficient (Wildman–Crippen LogP) is 3.96. The van der Waals surface area contributed by atoms with Crippen molar-refractivity contribution in [2.24, 2.45) is 0 Å². The van der Waals surface area contributed by atoms with E-state index in [0.29, 0.717) is 36.4 Å². The molecular weight excluding hydrogens is 343 g/mol. The van der Waals surface area contributed by atoms with E-state index in [1.165, 1.54) is 12.1 Å². The lowest BCUT2D eigenvalue weighted by molar-refractivity contribution is -0.137. The molecule has 3 rings (SSSR count). The Morgan fingerprint density at radius 2 is 1.73 bits per heavy atom. The van der Waals surface area contributed by atoms with Gasteiger partial charge in [0.2, 0.25) is 0 Å². The summed E-state index contributed by atoms with van der Waals surface area (Å²) < 4.78 is 37.9. The van der Waals surface area contributed by atoms with Gasteiger partial charge in [0.1, 0.15) is 5.82 Å². The SMILES string of the molecule is CCN(Cc1ccc(C(F)(F)F)cc1)Cc1nc2ccccc2c(=O)[nH]1. The molecule has 2 aromatic carbocycles. The molecule has 4 nitrogen and oxygen atoms in total. The summed E-state index contributed by atoms with van der Waals surface area (Å²) in [5.41, 5.74) is 0.529. The smallest absolute Gasteiger partial charge is 0.309 e. The van der Waals surface area contributed by atoms with Crippen LogP contribution in [0.2, 0.25) is 0 Å². The monoisotopic (exact) mass is 361 g/mol. The van der Waals surface area contributed by atoms with Crippen molar-refractivity contribution in [1.82, 2.24) is 14.9 Å². The molecule has 0 bridgehead atoms. The number of halogens is 3. The van der Waals surface area contributed by atoms with E-state index in [0.717, 1.165) is 17.7 Å². The van der Waals surface area contributed by atoms with Crippen LogP contribution in [0.3, 0.4) is 0 Å². The fraction of sp³-hybridized carbons (Fsp3) is 0.263. The molecule has 0 unspecified atom stereocenters. The maximum atomic E-state index is 12.6. The molecular formula is C19H18F3N3O. The molecule has 0 atom stereocenters. The Bertz CT molecular complexity index is 949. The number of rotatable bonds is 5. The first-order valence-electron chi connectivity index (χ1n) is 8.23. The molecule has 3 aromatic rings. The van der Waals surface area contributed by atoms with Crippen molar-refractivity contribution >= 4 is 10.9 Å². The summed E-state index contributed by atoms with van der Waals surface area (Å²) in [6.45, 7) is 3.48. The van der Waals surface area contributed by atoms with Crippen LogP contribution < -0.4 is 5.56 Å². The second kappa shape index (κ2) is 7.29. The van der Waals surface area contributed by atoms with Crippen LogP contribution in [-0.4, -0.2) is 21.4 Å². The minimum Gasteiger partial charge on any atom is -0.309 e. The number of hydrogen-bond acceptors (Lipinski definition) is 3. The number of nitrogens with one attached hydrogen (secondary N) is 1. The molecule has 0 aliphatic rings. The Morgan fingerprint density at radius 1 is 1.04 bits per heavy atom. The molecule has 1 heterocycles. The summed E-state index contributed by atoms with van der Waals surface area (Å²) >= 11 is 0. The molecule has 0 saturated carbocycles. The summed E-state index contributed by atoms with van der Waals surface area (Å²) in [4.78, 5) is 21.4. The third-order valence-corrected chi connectivity index (χ3v) is 4.17. The Morgan fingerprint density at radius 3 is 2.38 bits per heavy atom. The first-order chi connectivity index (χ1) is 12.4. The summed E-state index contributed by atoms with van der Waals surface area (Å²) in [6.07, 6.45) is -4.34. The van der Waals surface area contributed by atoms with Gasteiger partial charge in [-0.3, -0.25) is 9.69 Å². The van der Waals surface area contributed by atoms with E-state index in [9.17, 15) is 18.0 Å². The van der Waals surface area contributed by atoms with Crippen LogP contribution in [0.25, 0.3) is 10.9 Å². The Labute approximate surface area is 148 Å². The van der Waals surface area contributed by atoms with Gasteiger partial charge in [0, 0.05) is 6.54 Å². The van der Waals surface area contributed by atoms with Crippen molar-refractivity contribution in [3.05, 3.63) is 75.8 Å².